The van der Waals surface area contributed by atoms with Crippen molar-refractivity contribution in [3.05, 3.63) is 66.0 Å². The molecular formula is C29H34FN5O6. The van der Waals surface area contributed by atoms with E-state index < -0.39 is 40.8 Å². The molecule has 0 aromatic heterocycles. The number of likely N-dealkylation sites (tertiary alicyclic amines) is 1. The van der Waals surface area contributed by atoms with Crippen LogP contribution in [0.3, 0.4) is 0 Å². The molecule has 0 radical (unpaired) electrons. The number of fused-ring (bicyclic) bond motifs is 1. The molecule has 12 heteroatoms. The van der Waals surface area contributed by atoms with Gasteiger partial charge >= 0.3 is 6.09 Å². The zero-order chi connectivity index (χ0) is 29.8. The highest BCUT2D eigenvalue weighted by Gasteiger charge is 2.54. The van der Waals surface area contributed by atoms with E-state index in [1.165, 1.54) is 43.1 Å². The van der Waals surface area contributed by atoms with Gasteiger partial charge in [-0.05, 0) is 50.1 Å². The Labute approximate surface area is 237 Å². The van der Waals surface area contributed by atoms with Gasteiger partial charge in [0, 0.05) is 33.0 Å². The summed E-state index contributed by atoms with van der Waals surface area (Å²) in [6.45, 7) is 3.10. The third-order valence-electron chi connectivity index (χ3n) is 7.26. The Balaban J connectivity index is 1.56. The molecule has 11 nitrogen and oxygen atoms in total. The number of carbonyl (C=O) groups excluding carboxylic acids is 4. The van der Waals surface area contributed by atoms with Crippen LogP contribution in [0.4, 0.5) is 9.18 Å². The molecule has 1 fully saturated rings. The summed E-state index contributed by atoms with van der Waals surface area (Å²) >= 11 is 0. The van der Waals surface area contributed by atoms with E-state index in [0.29, 0.717) is 30.8 Å². The number of nitrogens with one attached hydrogen (secondary N) is 1. The average Bonchev–Trinajstić information content (AvgIpc) is 3.17. The van der Waals surface area contributed by atoms with Crippen molar-refractivity contribution in [2.24, 2.45) is 16.3 Å². The number of amides is 4. The minimum absolute atomic E-state index is 0.0107. The molecule has 1 unspecified atom stereocenters. The monoisotopic (exact) mass is 567 g/mol. The van der Waals surface area contributed by atoms with Gasteiger partial charge in [0.15, 0.2) is 5.60 Å². The molecule has 4 rings (SSSR count). The lowest BCUT2D eigenvalue weighted by Crippen LogP contribution is -2.60. The molecule has 2 aliphatic rings. The third kappa shape index (κ3) is 6.64. The smallest absolute Gasteiger partial charge is 0.405 e. The molecule has 0 saturated carbocycles. The Morgan fingerprint density at radius 2 is 1.83 bits per heavy atom. The molecule has 4 amide bonds. The van der Waals surface area contributed by atoms with Gasteiger partial charge in [-0.25, -0.2) is 14.2 Å². The van der Waals surface area contributed by atoms with E-state index >= 15 is 0 Å². The lowest BCUT2D eigenvalue weighted by Gasteiger charge is -2.41. The standard InChI is InChI=1S/C29H34FN5O6/c1-28(2,41-27(31)39)25(37)32-22(14-16-40-21-11-9-20(30)10-12-21)24(36)35-15-13-23-29(18-35,26(38)34(3)33-23)17-19-7-5-4-6-8-19/h4-12,22H,13-18H2,1-3H3,(H2,31,39)(H,32,37)/t22?,29-/m1/s1. The number of nitrogens with two attached hydrogens (primary N) is 1. The number of hydrogen-bond donors (Lipinski definition) is 2. The molecule has 3 N–H and O–H groups in total. The van der Waals surface area contributed by atoms with Crippen LogP contribution in [-0.4, -0.2) is 77.8 Å². The maximum absolute atomic E-state index is 14.0. The molecular weight excluding hydrogens is 533 g/mol. The summed E-state index contributed by atoms with van der Waals surface area (Å²) in [4.78, 5) is 53.4. The Morgan fingerprint density at radius 3 is 2.49 bits per heavy atom. The number of piperidine rings is 1. The van der Waals surface area contributed by atoms with Crippen molar-refractivity contribution in [1.82, 2.24) is 15.2 Å². The first kappa shape index (κ1) is 29.5. The molecule has 41 heavy (non-hydrogen) atoms. The first-order valence-electron chi connectivity index (χ1n) is 13.3. The van der Waals surface area contributed by atoms with Crippen molar-refractivity contribution in [1.29, 1.82) is 0 Å². The highest BCUT2D eigenvalue weighted by molar-refractivity contribution is 6.13. The van der Waals surface area contributed by atoms with Gasteiger partial charge in [-0.15, -0.1) is 0 Å². The third-order valence-corrected chi connectivity index (χ3v) is 7.26. The number of ether oxygens (including phenoxy) is 2. The molecule has 0 bridgehead atoms. The summed E-state index contributed by atoms with van der Waals surface area (Å²) in [5.74, 6) is -1.39. The number of rotatable bonds is 10. The number of primary amides is 1. The zero-order valence-electron chi connectivity index (χ0n) is 23.3. The van der Waals surface area contributed by atoms with Crippen LogP contribution in [0.25, 0.3) is 0 Å². The largest absolute Gasteiger partial charge is 0.493 e. The molecule has 2 aromatic rings. The lowest BCUT2D eigenvalue weighted by molar-refractivity contribution is -0.145. The predicted octanol–water partition coefficient (Wildman–Crippen LogP) is 2.24. The summed E-state index contributed by atoms with van der Waals surface area (Å²) in [6, 6.07) is 13.8. The molecule has 2 heterocycles. The molecule has 2 atom stereocenters. The van der Waals surface area contributed by atoms with Crippen LogP contribution in [0.1, 0.15) is 32.3 Å². The number of hydrazone groups is 1. The molecule has 0 aliphatic carbocycles. The molecule has 2 aromatic carbocycles. The second-order valence-electron chi connectivity index (χ2n) is 10.7. The maximum atomic E-state index is 14.0. The first-order chi connectivity index (χ1) is 19.4. The van der Waals surface area contributed by atoms with Crippen molar-refractivity contribution >= 4 is 29.5 Å². The highest BCUT2D eigenvalue weighted by Crippen LogP contribution is 2.38. The SMILES string of the molecule is CN1N=C2CCN(C(=O)C(CCOc3ccc(F)cc3)NC(=O)C(C)(C)OC(N)=O)C[C@@]2(Cc2ccccc2)C1=O. The van der Waals surface area contributed by atoms with Crippen molar-refractivity contribution in [3.8, 4) is 5.75 Å². The minimum atomic E-state index is -1.65. The average molecular weight is 568 g/mol. The summed E-state index contributed by atoms with van der Waals surface area (Å²) in [5.41, 5.74) is 4.09. The van der Waals surface area contributed by atoms with E-state index in [-0.39, 0.29) is 25.5 Å². The topological polar surface area (TPSA) is 144 Å². The summed E-state index contributed by atoms with van der Waals surface area (Å²) in [5, 5.41) is 8.48. The van der Waals surface area contributed by atoms with Crippen LogP contribution in [0, 0.1) is 11.2 Å². The molecule has 1 saturated heterocycles. The number of carbonyl (C=O) groups is 4. The van der Waals surface area contributed by atoms with Crippen LogP contribution in [0.15, 0.2) is 59.7 Å². The fraction of sp³-hybridized carbons (Fsp3) is 0.414. The van der Waals surface area contributed by atoms with E-state index in [2.05, 4.69) is 10.4 Å². The number of halogens is 1. The highest BCUT2D eigenvalue weighted by atomic mass is 19.1. The zero-order valence-corrected chi connectivity index (χ0v) is 23.3. The number of hydrogen-bond acceptors (Lipinski definition) is 7. The predicted molar refractivity (Wildman–Crippen MR) is 147 cm³/mol. The Morgan fingerprint density at radius 1 is 1.15 bits per heavy atom. The van der Waals surface area contributed by atoms with Crippen molar-refractivity contribution in [2.45, 2.75) is 44.8 Å². The maximum Gasteiger partial charge on any atom is 0.405 e. The van der Waals surface area contributed by atoms with Gasteiger partial charge in [0.1, 0.15) is 23.0 Å². The quantitative estimate of drug-likeness (QED) is 0.451. The summed E-state index contributed by atoms with van der Waals surface area (Å²) < 4.78 is 23.9. The van der Waals surface area contributed by atoms with Crippen LogP contribution in [-0.2, 0) is 25.5 Å². The van der Waals surface area contributed by atoms with Crippen LogP contribution in [0.2, 0.25) is 0 Å². The Bertz CT molecular complexity index is 1330. The lowest BCUT2D eigenvalue weighted by atomic mass is 9.73. The minimum Gasteiger partial charge on any atom is -0.493 e. The van der Waals surface area contributed by atoms with Gasteiger partial charge in [0.2, 0.25) is 5.91 Å². The van der Waals surface area contributed by atoms with E-state index in [1.54, 1.807) is 11.9 Å². The second-order valence-corrected chi connectivity index (χ2v) is 10.7. The van der Waals surface area contributed by atoms with Gasteiger partial charge in [-0.2, -0.15) is 5.10 Å². The molecule has 2 aliphatic heterocycles. The van der Waals surface area contributed by atoms with Crippen molar-refractivity contribution < 1.29 is 33.0 Å². The van der Waals surface area contributed by atoms with E-state index in [9.17, 15) is 23.6 Å². The Kier molecular flexibility index (Phi) is 8.60. The first-order valence-corrected chi connectivity index (χ1v) is 13.3. The van der Waals surface area contributed by atoms with Crippen molar-refractivity contribution in [2.75, 3.05) is 26.7 Å². The molecule has 218 valence electrons. The summed E-state index contributed by atoms with van der Waals surface area (Å²) in [7, 11) is 1.60. The second kappa shape index (κ2) is 11.9. The fourth-order valence-electron chi connectivity index (χ4n) is 5.15. The summed E-state index contributed by atoms with van der Waals surface area (Å²) in [6.07, 6.45) is -0.338. The van der Waals surface area contributed by atoms with Gasteiger partial charge in [-0.1, -0.05) is 30.3 Å². The van der Waals surface area contributed by atoms with Crippen molar-refractivity contribution in [3.63, 3.8) is 0 Å². The Hall–Kier alpha value is -4.48. The van der Waals surface area contributed by atoms with E-state index in [1.807, 2.05) is 30.3 Å². The molecule has 0 spiro atoms. The fourth-order valence-corrected chi connectivity index (χ4v) is 5.15. The number of nitrogens with zero attached hydrogens (tertiary/aromatic N) is 3. The van der Waals surface area contributed by atoms with Crippen LogP contribution in [0.5, 0.6) is 5.75 Å². The number of benzene rings is 2. The van der Waals surface area contributed by atoms with Crippen LogP contribution < -0.4 is 15.8 Å². The van der Waals surface area contributed by atoms with Crippen LogP contribution >= 0.6 is 0 Å². The van der Waals surface area contributed by atoms with Gasteiger partial charge in [0.05, 0.1) is 12.3 Å². The van der Waals surface area contributed by atoms with E-state index in [0.717, 1.165) is 5.56 Å². The van der Waals surface area contributed by atoms with Gasteiger partial charge in [-0.3, -0.25) is 14.4 Å². The van der Waals surface area contributed by atoms with Gasteiger partial charge in [0.25, 0.3) is 11.8 Å². The normalized spacial score (nSPS) is 19.2. The van der Waals surface area contributed by atoms with Gasteiger partial charge < -0.3 is 25.4 Å². The van der Waals surface area contributed by atoms with E-state index in [4.69, 9.17) is 15.2 Å².